The van der Waals surface area contributed by atoms with E-state index in [2.05, 4.69) is 5.32 Å². The number of carboxylic acids is 1. The molecule has 2 aromatic rings. The van der Waals surface area contributed by atoms with Crippen LogP contribution in [0.1, 0.15) is 23.3 Å². The highest BCUT2D eigenvalue weighted by molar-refractivity contribution is 6.30. The summed E-state index contributed by atoms with van der Waals surface area (Å²) < 4.78 is 14.3. The fourth-order valence-electron chi connectivity index (χ4n) is 2.31. The molecule has 0 unspecified atom stereocenters. The van der Waals surface area contributed by atoms with Crippen molar-refractivity contribution in [2.75, 3.05) is 0 Å². The molecule has 0 aliphatic carbocycles. The first kappa shape index (κ1) is 19.9. The minimum atomic E-state index is -1.34. The van der Waals surface area contributed by atoms with E-state index in [1.165, 1.54) is 18.2 Å². The van der Waals surface area contributed by atoms with Gasteiger partial charge in [-0.1, -0.05) is 41.4 Å². The average molecular weight is 398 g/mol. The second-order valence-electron chi connectivity index (χ2n) is 5.32. The molecule has 1 amide bonds. The van der Waals surface area contributed by atoms with Crippen LogP contribution in [0.5, 0.6) is 0 Å². The number of aliphatic carboxylic acids is 1. The maximum absolute atomic E-state index is 14.3. The standard InChI is InChI=1S/C18H14Cl2FNO4/c19-11-3-1-2-10(8-11)18(26)17(22-15(23)6-7-16(24)25)13-5-4-12(20)9-14(13)21/h1-9,17-18,26H,(H,22,23)(H,24,25)/t17-,18+/m1/s1. The van der Waals surface area contributed by atoms with Gasteiger partial charge in [0.05, 0.1) is 6.04 Å². The lowest BCUT2D eigenvalue weighted by atomic mass is 9.95. The molecule has 8 heteroatoms. The Morgan fingerprint density at radius 2 is 1.77 bits per heavy atom. The second-order valence-corrected chi connectivity index (χ2v) is 6.20. The van der Waals surface area contributed by atoms with Gasteiger partial charge in [0.1, 0.15) is 11.9 Å². The van der Waals surface area contributed by atoms with Crippen LogP contribution in [0.4, 0.5) is 4.39 Å². The van der Waals surface area contributed by atoms with Crippen LogP contribution >= 0.6 is 23.2 Å². The smallest absolute Gasteiger partial charge is 0.328 e. The zero-order chi connectivity index (χ0) is 19.3. The molecule has 0 aromatic heterocycles. The fraction of sp³-hybridized carbons (Fsp3) is 0.111. The molecule has 136 valence electrons. The number of benzene rings is 2. The second kappa shape index (κ2) is 8.80. The Morgan fingerprint density at radius 1 is 1.08 bits per heavy atom. The molecule has 0 heterocycles. The van der Waals surface area contributed by atoms with Crippen LogP contribution in [0.2, 0.25) is 10.0 Å². The number of nitrogens with one attached hydrogen (secondary N) is 1. The first-order valence-corrected chi connectivity index (χ1v) is 8.13. The van der Waals surface area contributed by atoms with Crippen molar-refractivity contribution < 1.29 is 24.2 Å². The van der Waals surface area contributed by atoms with E-state index >= 15 is 0 Å². The van der Waals surface area contributed by atoms with E-state index in [9.17, 15) is 19.1 Å². The minimum Gasteiger partial charge on any atom is -0.478 e. The molecule has 0 fully saturated rings. The van der Waals surface area contributed by atoms with Gasteiger partial charge in [-0.05, 0) is 29.8 Å². The lowest BCUT2D eigenvalue weighted by Crippen LogP contribution is -2.32. The van der Waals surface area contributed by atoms with Gasteiger partial charge >= 0.3 is 5.97 Å². The van der Waals surface area contributed by atoms with Crippen molar-refractivity contribution >= 4 is 35.1 Å². The lowest BCUT2D eigenvalue weighted by molar-refractivity contribution is -0.131. The predicted octanol–water partition coefficient (Wildman–Crippen LogP) is 3.66. The molecular formula is C18H14Cl2FNO4. The highest BCUT2D eigenvalue weighted by Gasteiger charge is 2.27. The molecule has 26 heavy (non-hydrogen) atoms. The zero-order valence-corrected chi connectivity index (χ0v) is 14.7. The Kier molecular flexibility index (Phi) is 6.74. The molecule has 0 aliphatic rings. The van der Waals surface area contributed by atoms with E-state index in [0.717, 1.165) is 12.1 Å². The number of halogens is 3. The molecule has 0 spiro atoms. The summed E-state index contributed by atoms with van der Waals surface area (Å²) in [5.41, 5.74) is 0.332. The van der Waals surface area contributed by atoms with Gasteiger partial charge in [0.25, 0.3) is 0 Å². The maximum atomic E-state index is 14.3. The molecule has 5 nitrogen and oxygen atoms in total. The van der Waals surface area contributed by atoms with Gasteiger partial charge in [-0.25, -0.2) is 9.18 Å². The van der Waals surface area contributed by atoms with E-state index in [4.69, 9.17) is 28.3 Å². The summed E-state index contributed by atoms with van der Waals surface area (Å²) in [6, 6.07) is 8.84. The van der Waals surface area contributed by atoms with Crippen molar-refractivity contribution in [3.8, 4) is 0 Å². The van der Waals surface area contributed by atoms with Crippen molar-refractivity contribution in [2.45, 2.75) is 12.1 Å². The fourth-order valence-corrected chi connectivity index (χ4v) is 2.67. The summed E-state index contributed by atoms with van der Waals surface area (Å²) in [5, 5.41) is 22.2. The number of hydrogen-bond acceptors (Lipinski definition) is 3. The van der Waals surface area contributed by atoms with E-state index in [1.807, 2.05) is 0 Å². The number of carbonyl (C=O) groups is 2. The molecule has 0 bridgehead atoms. The number of aliphatic hydroxyl groups is 1. The molecule has 0 saturated carbocycles. The van der Waals surface area contributed by atoms with Crippen molar-refractivity contribution in [2.24, 2.45) is 0 Å². The molecule has 0 aliphatic heterocycles. The van der Waals surface area contributed by atoms with E-state index in [-0.39, 0.29) is 10.6 Å². The van der Waals surface area contributed by atoms with Crippen LogP contribution in [0.15, 0.2) is 54.6 Å². The number of rotatable bonds is 6. The lowest BCUT2D eigenvalue weighted by Gasteiger charge is -2.25. The van der Waals surface area contributed by atoms with Gasteiger partial charge in [0.15, 0.2) is 0 Å². The first-order valence-electron chi connectivity index (χ1n) is 7.38. The Bertz CT molecular complexity index is 857. The van der Waals surface area contributed by atoms with Crippen LogP contribution in [0.3, 0.4) is 0 Å². The third-order valence-corrected chi connectivity index (χ3v) is 3.95. The predicted molar refractivity (Wildman–Crippen MR) is 95.5 cm³/mol. The molecule has 3 N–H and O–H groups in total. The Hall–Kier alpha value is -2.41. The van der Waals surface area contributed by atoms with Gasteiger partial charge < -0.3 is 15.5 Å². The summed E-state index contributed by atoms with van der Waals surface area (Å²) in [6.45, 7) is 0. The molecule has 0 saturated heterocycles. The molecule has 2 atom stereocenters. The summed E-state index contributed by atoms with van der Waals surface area (Å²) in [7, 11) is 0. The molecule has 2 aromatic carbocycles. The maximum Gasteiger partial charge on any atom is 0.328 e. The van der Waals surface area contributed by atoms with Crippen LogP contribution in [-0.4, -0.2) is 22.1 Å². The van der Waals surface area contributed by atoms with Crippen LogP contribution in [-0.2, 0) is 9.59 Å². The molecular weight excluding hydrogens is 384 g/mol. The normalized spacial score (nSPS) is 13.4. The Labute approximate surface area is 158 Å². The number of amides is 1. The largest absolute Gasteiger partial charge is 0.478 e. The van der Waals surface area contributed by atoms with Crippen molar-refractivity contribution in [1.82, 2.24) is 5.32 Å². The summed E-state index contributed by atoms with van der Waals surface area (Å²) in [4.78, 5) is 22.5. The van der Waals surface area contributed by atoms with Crippen LogP contribution in [0, 0.1) is 5.82 Å². The highest BCUT2D eigenvalue weighted by Crippen LogP contribution is 2.32. The summed E-state index contributed by atoms with van der Waals surface area (Å²) in [6.07, 6.45) is 0.0658. The number of carbonyl (C=O) groups excluding carboxylic acids is 1. The van der Waals surface area contributed by atoms with Crippen LogP contribution in [0.25, 0.3) is 0 Å². The van der Waals surface area contributed by atoms with Gasteiger partial charge in [-0.2, -0.15) is 0 Å². The van der Waals surface area contributed by atoms with Gasteiger partial charge in [0, 0.05) is 27.8 Å². The third-order valence-electron chi connectivity index (χ3n) is 3.48. The summed E-state index contributed by atoms with van der Waals surface area (Å²) in [5.74, 6) is -2.86. The monoisotopic (exact) mass is 397 g/mol. The molecule has 2 rings (SSSR count). The van der Waals surface area contributed by atoms with Gasteiger partial charge in [-0.3, -0.25) is 4.79 Å². The van der Waals surface area contributed by atoms with Crippen molar-refractivity contribution in [3.63, 3.8) is 0 Å². The van der Waals surface area contributed by atoms with Gasteiger partial charge in [0.2, 0.25) is 5.91 Å². The van der Waals surface area contributed by atoms with E-state index in [0.29, 0.717) is 16.7 Å². The average Bonchev–Trinajstić information content (AvgIpc) is 2.58. The van der Waals surface area contributed by atoms with Crippen LogP contribution < -0.4 is 5.32 Å². The zero-order valence-electron chi connectivity index (χ0n) is 13.2. The highest BCUT2D eigenvalue weighted by atomic mass is 35.5. The van der Waals surface area contributed by atoms with Crippen molar-refractivity contribution in [3.05, 3.63) is 81.6 Å². The molecule has 0 radical (unpaired) electrons. The number of carboxylic acid groups (broad SMARTS) is 1. The number of hydrogen-bond donors (Lipinski definition) is 3. The number of aliphatic hydroxyl groups excluding tert-OH is 1. The van der Waals surface area contributed by atoms with Gasteiger partial charge in [-0.15, -0.1) is 0 Å². The van der Waals surface area contributed by atoms with E-state index in [1.54, 1.807) is 18.2 Å². The quantitative estimate of drug-likeness (QED) is 0.649. The third kappa shape index (κ3) is 5.29. The Morgan fingerprint density at radius 3 is 2.38 bits per heavy atom. The topological polar surface area (TPSA) is 86.6 Å². The first-order chi connectivity index (χ1) is 12.3. The SMILES string of the molecule is O=C(O)C=CC(=O)N[C@H](c1ccc(Cl)cc1F)[C@@H](O)c1cccc(Cl)c1. The van der Waals surface area contributed by atoms with Crippen molar-refractivity contribution in [1.29, 1.82) is 0 Å². The van der Waals surface area contributed by atoms with E-state index < -0.39 is 29.8 Å². The Balaban J connectivity index is 2.40. The summed E-state index contributed by atoms with van der Waals surface area (Å²) >= 11 is 11.7. The minimum absolute atomic E-state index is 0.0149.